The molecule has 0 bridgehead atoms. The number of unbranched alkanes of at least 4 members (excludes halogenated alkanes) is 51. The minimum Gasteiger partial charge on any atom is -0.466 e. The highest BCUT2D eigenvalue weighted by atomic mass is 16.5. The number of esters is 1. The highest BCUT2D eigenvalue weighted by Crippen LogP contribution is 2.18. The van der Waals surface area contributed by atoms with Crippen LogP contribution in [0.15, 0.2) is 24.3 Å². The zero-order valence-corrected chi connectivity index (χ0v) is 50.8. The minimum atomic E-state index is -0.850. The largest absolute Gasteiger partial charge is 0.466 e. The van der Waals surface area contributed by atoms with Crippen LogP contribution in [0, 0.1) is 0 Å². The maximum atomic E-state index is 12.5. The fourth-order valence-corrected chi connectivity index (χ4v) is 10.7. The van der Waals surface area contributed by atoms with Gasteiger partial charge < -0.3 is 20.3 Å². The quantitative estimate of drug-likeness (QED) is 0.0320. The summed E-state index contributed by atoms with van der Waals surface area (Å²) in [6.45, 7) is 4.94. The molecule has 0 saturated carbocycles. The summed E-state index contributed by atoms with van der Waals surface area (Å²) < 4.78 is 5.50. The van der Waals surface area contributed by atoms with Crippen molar-refractivity contribution in [1.82, 2.24) is 5.32 Å². The highest BCUT2D eigenvalue weighted by molar-refractivity contribution is 5.76. The first kappa shape index (κ1) is 73.3. The van der Waals surface area contributed by atoms with Crippen LogP contribution in [0.1, 0.15) is 380 Å². The van der Waals surface area contributed by atoms with Gasteiger partial charge in [-0.05, 0) is 57.8 Å². The van der Waals surface area contributed by atoms with E-state index in [-0.39, 0.29) is 18.5 Å². The minimum absolute atomic E-state index is 0.0118. The first-order valence-corrected chi connectivity index (χ1v) is 34.1. The van der Waals surface area contributed by atoms with Gasteiger partial charge in [-0.3, -0.25) is 9.59 Å². The second-order valence-electron chi connectivity index (χ2n) is 23.5. The second-order valence-corrected chi connectivity index (χ2v) is 23.5. The molecule has 75 heavy (non-hydrogen) atoms. The van der Waals surface area contributed by atoms with Crippen LogP contribution in [-0.4, -0.2) is 47.4 Å². The number of rotatable bonds is 64. The summed E-state index contributed by atoms with van der Waals surface area (Å²) in [6.07, 6.45) is 80.9. The summed E-state index contributed by atoms with van der Waals surface area (Å²) in [7, 11) is 0. The van der Waals surface area contributed by atoms with Crippen LogP contribution < -0.4 is 5.32 Å². The number of hydrogen-bond donors (Lipinski definition) is 3. The van der Waals surface area contributed by atoms with Crippen molar-refractivity contribution in [2.75, 3.05) is 13.2 Å². The van der Waals surface area contributed by atoms with Crippen LogP contribution in [0.2, 0.25) is 0 Å². The zero-order chi connectivity index (χ0) is 54.3. The number of carbonyl (C=O) groups is 2. The van der Waals surface area contributed by atoms with Crippen LogP contribution >= 0.6 is 0 Å². The lowest BCUT2D eigenvalue weighted by Crippen LogP contribution is -2.45. The van der Waals surface area contributed by atoms with Gasteiger partial charge in [-0.2, -0.15) is 0 Å². The third-order valence-corrected chi connectivity index (χ3v) is 16.0. The van der Waals surface area contributed by atoms with E-state index in [4.69, 9.17) is 4.74 Å². The van der Waals surface area contributed by atoms with E-state index in [0.29, 0.717) is 19.4 Å². The Morgan fingerprint density at radius 3 is 0.947 bits per heavy atom. The third kappa shape index (κ3) is 61.4. The third-order valence-electron chi connectivity index (χ3n) is 16.0. The van der Waals surface area contributed by atoms with E-state index >= 15 is 0 Å². The molecular formula is C69H133NO5. The van der Waals surface area contributed by atoms with Gasteiger partial charge in [-0.25, -0.2) is 0 Å². The van der Waals surface area contributed by atoms with Gasteiger partial charge in [-0.1, -0.05) is 334 Å². The van der Waals surface area contributed by atoms with Gasteiger partial charge in [0.1, 0.15) is 0 Å². The lowest BCUT2D eigenvalue weighted by Gasteiger charge is -2.20. The summed E-state index contributed by atoms with van der Waals surface area (Å²) in [5.74, 6) is -0.0602. The Hall–Kier alpha value is -1.66. The maximum Gasteiger partial charge on any atom is 0.305 e. The Bertz CT molecular complexity index is 1170. The molecule has 1 amide bonds. The molecule has 0 aliphatic heterocycles. The van der Waals surface area contributed by atoms with E-state index in [1.54, 1.807) is 6.08 Å². The monoisotopic (exact) mass is 1060 g/mol. The molecule has 2 unspecified atom stereocenters. The van der Waals surface area contributed by atoms with Crippen molar-refractivity contribution in [3.8, 4) is 0 Å². The molecule has 0 fully saturated rings. The van der Waals surface area contributed by atoms with Crippen LogP contribution in [0.25, 0.3) is 0 Å². The summed E-state index contributed by atoms with van der Waals surface area (Å²) in [6, 6.07) is -0.634. The molecule has 444 valence electrons. The average Bonchev–Trinajstić information content (AvgIpc) is 3.41. The van der Waals surface area contributed by atoms with E-state index in [1.165, 1.54) is 308 Å². The molecule has 3 N–H and O–H groups in total. The lowest BCUT2D eigenvalue weighted by molar-refractivity contribution is -0.143. The van der Waals surface area contributed by atoms with Gasteiger partial charge in [0.05, 0.1) is 25.4 Å². The number of aliphatic hydroxyl groups is 2. The summed E-state index contributed by atoms with van der Waals surface area (Å²) in [5, 5.41) is 23.2. The van der Waals surface area contributed by atoms with Crippen molar-refractivity contribution >= 4 is 11.9 Å². The molecule has 0 radical (unpaired) electrons. The van der Waals surface area contributed by atoms with Crippen LogP contribution in [0.5, 0.6) is 0 Å². The van der Waals surface area contributed by atoms with Crippen LogP contribution in [0.4, 0.5) is 0 Å². The van der Waals surface area contributed by atoms with E-state index in [0.717, 1.165) is 44.9 Å². The standard InChI is InChI=1S/C69H133NO5/c1-3-5-7-9-11-13-15-17-19-21-22-24-27-30-33-37-41-45-49-53-57-61-67(72)66(65-71)70-68(73)62-58-54-50-46-42-38-34-31-28-25-23-26-29-32-36-40-44-48-52-56-60-64-75-69(74)63-59-55-51-47-43-39-35-20-18-16-14-12-10-8-6-4-2/h25,28,57,61,66-67,71-72H,3-24,26-27,29-56,58-60,62-65H2,1-2H3,(H,70,73)/b28-25-,61-57+. The lowest BCUT2D eigenvalue weighted by atomic mass is 10.0. The molecule has 0 aromatic carbocycles. The van der Waals surface area contributed by atoms with Crippen molar-refractivity contribution in [2.45, 2.75) is 392 Å². The average molecular weight is 1060 g/mol. The maximum absolute atomic E-state index is 12.5. The Morgan fingerprint density at radius 1 is 0.360 bits per heavy atom. The molecule has 0 saturated heterocycles. The first-order chi connectivity index (χ1) is 37.0. The Morgan fingerprint density at radius 2 is 0.627 bits per heavy atom. The van der Waals surface area contributed by atoms with E-state index in [9.17, 15) is 19.8 Å². The Kier molecular flexibility index (Phi) is 63.4. The number of carbonyl (C=O) groups excluding carboxylic acids is 2. The predicted molar refractivity (Wildman–Crippen MR) is 329 cm³/mol. The molecule has 0 aliphatic carbocycles. The molecule has 0 aromatic heterocycles. The van der Waals surface area contributed by atoms with Gasteiger partial charge in [0.2, 0.25) is 5.91 Å². The fourth-order valence-electron chi connectivity index (χ4n) is 10.7. The van der Waals surface area contributed by atoms with Crippen molar-refractivity contribution in [2.24, 2.45) is 0 Å². The van der Waals surface area contributed by atoms with Gasteiger partial charge in [0.25, 0.3) is 0 Å². The topological polar surface area (TPSA) is 95.9 Å². The Labute approximate surface area is 469 Å². The number of ether oxygens (including phenoxy) is 1. The first-order valence-electron chi connectivity index (χ1n) is 34.1. The van der Waals surface area contributed by atoms with Gasteiger partial charge in [-0.15, -0.1) is 0 Å². The van der Waals surface area contributed by atoms with E-state index in [2.05, 4.69) is 31.3 Å². The second kappa shape index (κ2) is 64.9. The summed E-state index contributed by atoms with van der Waals surface area (Å²) in [4.78, 5) is 24.6. The molecular weight excluding hydrogens is 923 g/mol. The zero-order valence-electron chi connectivity index (χ0n) is 50.8. The molecule has 6 heteroatoms. The van der Waals surface area contributed by atoms with E-state index < -0.39 is 12.1 Å². The predicted octanol–water partition coefficient (Wildman–Crippen LogP) is 21.8. The molecule has 0 spiro atoms. The van der Waals surface area contributed by atoms with Crippen molar-refractivity contribution in [1.29, 1.82) is 0 Å². The van der Waals surface area contributed by atoms with Crippen LogP contribution in [-0.2, 0) is 14.3 Å². The van der Waals surface area contributed by atoms with Gasteiger partial charge in [0.15, 0.2) is 0 Å². The summed E-state index contributed by atoms with van der Waals surface area (Å²) >= 11 is 0. The SMILES string of the molecule is CCCCCCCCCCCCCCCCCCCCC/C=C/C(O)C(CO)NC(=O)CCCCCCCCC/C=C\CCCCCCCCCCCCOC(=O)CCCCCCCCCCCCCCCCCC. The molecule has 0 aromatic rings. The van der Waals surface area contributed by atoms with E-state index in [1.807, 2.05) is 6.08 Å². The number of amides is 1. The smallest absolute Gasteiger partial charge is 0.305 e. The number of nitrogens with one attached hydrogen (secondary N) is 1. The number of allylic oxidation sites excluding steroid dienone is 3. The Balaban J connectivity index is 3.44. The molecule has 6 nitrogen and oxygen atoms in total. The fraction of sp³-hybridized carbons (Fsp3) is 0.913. The molecule has 0 heterocycles. The number of hydrogen-bond acceptors (Lipinski definition) is 5. The molecule has 0 rings (SSSR count). The van der Waals surface area contributed by atoms with Gasteiger partial charge >= 0.3 is 5.97 Å². The molecule has 2 atom stereocenters. The van der Waals surface area contributed by atoms with Crippen molar-refractivity contribution < 1.29 is 24.5 Å². The normalized spacial score (nSPS) is 12.6. The van der Waals surface area contributed by atoms with Gasteiger partial charge in [0, 0.05) is 12.8 Å². The van der Waals surface area contributed by atoms with Crippen molar-refractivity contribution in [3.05, 3.63) is 24.3 Å². The summed E-state index contributed by atoms with van der Waals surface area (Å²) in [5.41, 5.74) is 0. The highest BCUT2D eigenvalue weighted by Gasteiger charge is 2.18. The number of aliphatic hydroxyl groups excluding tert-OH is 2. The van der Waals surface area contributed by atoms with Crippen molar-refractivity contribution in [3.63, 3.8) is 0 Å². The molecule has 0 aliphatic rings. The van der Waals surface area contributed by atoms with Crippen LogP contribution in [0.3, 0.4) is 0 Å².